The van der Waals surface area contributed by atoms with Crippen LogP contribution in [0, 0.1) is 0 Å². The number of carbonyl (C=O) groups is 1. The molecule has 0 aliphatic carbocycles. The van der Waals surface area contributed by atoms with E-state index in [1.54, 1.807) is 11.8 Å². The molecule has 4 rings (SSSR count). The Balaban J connectivity index is 1.56. The van der Waals surface area contributed by atoms with Crippen LogP contribution in [0.5, 0.6) is 0 Å². The minimum Gasteiger partial charge on any atom is -0.379 e. The van der Waals surface area contributed by atoms with Gasteiger partial charge in [0.15, 0.2) is 0 Å². The summed E-state index contributed by atoms with van der Waals surface area (Å²) in [4.78, 5) is 14.1. The predicted molar refractivity (Wildman–Crippen MR) is 121 cm³/mol. The van der Waals surface area contributed by atoms with E-state index in [0.29, 0.717) is 19.2 Å². The van der Waals surface area contributed by atoms with Crippen LogP contribution in [0.1, 0.15) is 16.8 Å². The van der Waals surface area contributed by atoms with E-state index < -0.39 is 0 Å². The van der Waals surface area contributed by atoms with E-state index in [0.717, 1.165) is 41.5 Å². The molecule has 1 aliphatic heterocycles. The van der Waals surface area contributed by atoms with E-state index in [2.05, 4.69) is 53.3 Å². The van der Waals surface area contributed by atoms with Gasteiger partial charge in [-0.25, -0.2) is 0 Å². The van der Waals surface area contributed by atoms with Crippen LogP contribution in [0.25, 0.3) is 21.9 Å². The van der Waals surface area contributed by atoms with E-state index in [9.17, 15) is 4.79 Å². The lowest BCUT2D eigenvalue weighted by Crippen LogP contribution is -2.43. The first-order chi connectivity index (χ1) is 14.3. The van der Waals surface area contributed by atoms with Crippen LogP contribution in [0.2, 0.25) is 0 Å². The third-order valence-corrected chi connectivity index (χ3v) is 6.05. The highest BCUT2D eigenvalue weighted by atomic mass is 32.2. The van der Waals surface area contributed by atoms with Gasteiger partial charge in [0.2, 0.25) is 0 Å². The van der Waals surface area contributed by atoms with Gasteiger partial charge < -0.3 is 15.4 Å². The highest BCUT2D eigenvalue weighted by Gasteiger charge is 2.15. The molecule has 1 amide bonds. The Morgan fingerprint density at radius 3 is 2.79 bits per heavy atom. The molecule has 0 saturated carbocycles. The zero-order valence-corrected chi connectivity index (χ0v) is 17.4. The molecule has 0 bridgehead atoms. The molecule has 1 aliphatic rings. The maximum atomic E-state index is 12.9. The van der Waals surface area contributed by atoms with Crippen molar-refractivity contribution in [2.45, 2.75) is 17.4 Å². The van der Waals surface area contributed by atoms with Crippen LogP contribution < -0.4 is 10.6 Å². The number of benzene rings is 3. The van der Waals surface area contributed by atoms with Gasteiger partial charge in [0.1, 0.15) is 0 Å². The summed E-state index contributed by atoms with van der Waals surface area (Å²) in [5, 5.41) is 8.58. The van der Waals surface area contributed by atoms with Crippen molar-refractivity contribution in [3.8, 4) is 11.1 Å². The minimum atomic E-state index is -0.0256. The molecule has 150 valence electrons. The first-order valence-corrected chi connectivity index (χ1v) is 11.2. The standard InChI is InChI=1S/C24H26N2O2S/c1-29-19-6-4-5-17(15-19)20-9-10-23(22-8-3-2-7-21(20)22)24(27)26-12-11-18-16-28-14-13-25-18/h2-10,15,18,25H,11-14,16H2,1H3,(H,26,27). The Bertz CT molecular complexity index is 999. The third kappa shape index (κ3) is 4.64. The maximum absolute atomic E-state index is 12.9. The number of nitrogens with one attached hydrogen (secondary N) is 2. The smallest absolute Gasteiger partial charge is 0.251 e. The molecule has 0 radical (unpaired) electrons. The Kier molecular flexibility index (Phi) is 6.49. The molecule has 1 heterocycles. The quantitative estimate of drug-likeness (QED) is 0.598. The monoisotopic (exact) mass is 406 g/mol. The van der Waals surface area contributed by atoms with Crippen LogP contribution in [-0.2, 0) is 4.74 Å². The molecule has 1 fully saturated rings. The van der Waals surface area contributed by atoms with Crippen molar-refractivity contribution in [3.63, 3.8) is 0 Å². The number of carbonyl (C=O) groups excluding carboxylic acids is 1. The number of rotatable bonds is 6. The fourth-order valence-electron chi connectivity index (χ4n) is 3.80. The summed E-state index contributed by atoms with van der Waals surface area (Å²) >= 11 is 1.73. The topological polar surface area (TPSA) is 50.4 Å². The van der Waals surface area contributed by atoms with Gasteiger partial charge in [-0.1, -0.05) is 42.5 Å². The molecule has 1 atom stereocenters. The SMILES string of the molecule is CSc1cccc(-c2ccc(C(=O)NCCC3COCCN3)c3ccccc23)c1. The van der Waals surface area contributed by atoms with Gasteiger partial charge in [0.05, 0.1) is 13.2 Å². The number of hydrogen-bond acceptors (Lipinski definition) is 4. The second-order valence-corrected chi connectivity index (χ2v) is 8.09. The Hall–Kier alpha value is -2.34. The van der Waals surface area contributed by atoms with Crippen LogP contribution in [-0.4, -0.2) is 44.5 Å². The number of ether oxygens (including phenoxy) is 1. The second kappa shape index (κ2) is 9.44. The molecule has 1 saturated heterocycles. The Morgan fingerprint density at radius 2 is 2.00 bits per heavy atom. The van der Waals surface area contributed by atoms with E-state index >= 15 is 0 Å². The van der Waals surface area contributed by atoms with Gasteiger partial charge in [0, 0.05) is 29.6 Å². The summed E-state index contributed by atoms with van der Waals surface area (Å²) in [6, 6.07) is 21.0. The van der Waals surface area contributed by atoms with Crippen LogP contribution >= 0.6 is 11.8 Å². The fourth-order valence-corrected chi connectivity index (χ4v) is 4.26. The summed E-state index contributed by atoms with van der Waals surface area (Å²) in [6.07, 6.45) is 2.95. The van der Waals surface area contributed by atoms with Crippen molar-refractivity contribution in [1.29, 1.82) is 0 Å². The van der Waals surface area contributed by atoms with Crippen molar-refractivity contribution in [2.24, 2.45) is 0 Å². The lowest BCUT2D eigenvalue weighted by Gasteiger charge is -2.23. The summed E-state index contributed by atoms with van der Waals surface area (Å²) in [5.41, 5.74) is 3.04. The van der Waals surface area contributed by atoms with E-state index in [-0.39, 0.29) is 5.91 Å². The highest BCUT2D eigenvalue weighted by molar-refractivity contribution is 7.98. The van der Waals surface area contributed by atoms with Crippen molar-refractivity contribution < 1.29 is 9.53 Å². The lowest BCUT2D eigenvalue weighted by atomic mass is 9.94. The van der Waals surface area contributed by atoms with Gasteiger partial charge in [-0.05, 0) is 52.8 Å². The van der Waals surface area contributed by atoms with Crippen LogP contribution in [0.3, 0.4) is 0 Å². The van der Waals surface area contributed by atoms with Gasteiger partial charge in [0.25, 0.3) is 5.91 Å². The third-order valence-electron chi connectivity index (χ3n) is 5.33. The van der Waals surface area contributed by atoms with Crippen molar-refractivity contribution in [3.05, 3.63) is 66.2 Å². The molecule has 29 heavy (non-hydrogen) atoms. The average molecular weight is 407 g/mol. The number of thioether (sulfide) groups is 1. The van der Waals surface area contributed by atoms with Gasteiger partial charge in [-0.2, -0.15) is 0 Å². The van der Waals surface area contributed by atoms with Crippen LogP contribution in [0.15, 0.2) is 65.6 Å². The summed E-state index contributed by atoms with van der Waals surface area (Å²) in [5.74, 6) is -0.0256. The molecule has 1 unspecified atom stereocenters. The van der Waals surface area contributed by atoms with Gasteiger partial charge in [-0.3, -0.25) is 4.79 Å². The molecular weight excluding hydrogens is 380 g/mol. The number of fused-ring (bicyclic) bond motifs is 1. The molecule has 0 spiro atoms. The first kappa shape index (κ1) is 20.0. The number of hydrogen-bond donors (Lipinski definition) is 2. The average Bonchev–Trinajstić information content (AvgIpc) is 2.79. The normalized spacial score (nSPS) is 16.7. The molecule has 4 nitrogen and oxygen atoms in total. The first-order valence-electron chi connectivity index (χ1n) is 10.0. The minimum absolute atomic E-state index is 0.0256. The summed E-state index contributed by atoms with van der Waals surface area (Å²) < 4.78 is 5.48. The van der Waals surface area contributed by atoms with Gasteiger partial charge >= 0.3 is 0 Å². The Morgan fingerprint density at radius 1 is 1.14 bits per heavy atom. The lowest BCUT2D eigenvalue weighted by molar-refractivity contribution is 0.0733. The molecule has 2 N–H and O–H groups in total. The largest absolute Gasteiger partial charge is 0.379 e. The zero-order valence-electron chi connectivity index (χ0n) is 16.6. The maximum Gasteiger partial charge on any atom is 0.251 e. The molecular formula is C24H26N2O2S. The second-order valence-electron chi connectivity index (χ2n) is 7.21. The van der Waals surface area contributed by atoms with E-state index in [4.69, 9.17) is 4.74 Å². The predicted octanol–water partition coefficient (Wildman–Crippen LogP) is 4.34. The van der Waals surface area contributed by atoms with Crippen molar-refractivity contribution in [2.75, 3.05) is 32.6 Å². The highest BCUT2D eigenvalue weighted by Crippen LogP contribution is 2.32. The van der Waals surface area contributed by atoms with E-state index in [1.807, 2.05) is 24.3 Å². The zero-order chi connectivity index (χ0) is 20.1. The van der Waals surface area contributed by atoms with E-state index in [1.165, 1.54) is 10.5 Å². The molecule has 5 heteroatoms. The van der Waals surface area contributed by atoms with Crippen LogP contribution in [0.4, 0.5) is 0 Å². The summed E-state index contributed by atoms with van der Waals surface area (Å²) in [7, 11) is 0. The number of morpholine rings is 1. The van der Waals surface area contributed by atoms with Crippen molar-refractivity contribution >= 4 is 28.4 Å². The molecule has 3 aromatic carbocycles. The fraction of sp³-hybridized carbons (Fsp3) is 0.292. The molecule has 0 aromatic heterocycles. The van der Waals surface area contributed by atoms with Gasteiger partial charge in [-0.15, -0.1) is 11.8 Å². The Labute approximate surface area is 176 Å². The number of amides is 1. The summed E-state index contributed by atoms with van der Waals surface area (Å²) in [6.45, 7) is 2.98. The molecule has 3 aromatic rings. The van der Waals surface area contributed by atoms with Crippen molar-refractivity contribution in [1.82, 2.24) is 10.6 Å².